The standard InChI is InChI=1S/C10H9IN2O3/c11-6-1-2-8(7(5-6)9(14)15)13-4-3-12-10(13)16/h1-2,5H,3-4H2,(H,12,16)(H,14,15). The first kappa shape index (κ1) is 11.2. The fourth-order valence-corrected chi connectivity index (χ4v) is 2.11. The van der Waals surface area contributed by atoms with Crippen LogP contribution in [0.1, 0.15) is 10.4 Å². The number of rotatable bonds is 2. The zero-order chi connectivity index (χ0) is 11.7. The molecule has 1 aliphatic heterocycles. The minimum atomic E-state index is -1.02. The Kier molecular flexibility index (Phi) is 2.99. The summed E-state index contributed by atoms with van der Waals surface area (Å²) in [6.45, 7) is 1.05. The van der Waals surface area contributed by atoms with E-state index in [1.54, 1.807) is 18.2 Å². The van der Waals surface area contributed by atoms with Gasteiger partial charge >= 0.3 is 12.0 Å². The highest BCUT2D eigenvalue weighted by Gasteiger charge is 2.25. The smallest absolute Gasteiger partial charge is 0.337 e. The number of carboxylic acid groups (broad SMARTS) is 1. The van der Waals surface area contributed by atoms with E-state index in [4.69, 9.17) is 5.11 Å². The van der Waals surface area contributed by atoms with Crippen molar-refractivity contribution < 1.29 is 14.7 Å². The average Bonchev–Trinajstić information content (AvgIpc) is 2.64. The Bertz CT molecular complexity index is 461. The second-order valence-electron chi connectivity index (χ2n) is 3.35. The number of halogens is 1. The highest BCUT2D eigenvalue weighted by molar-refractivity contribution is 14.1. The predicted molar refractivity (Wildman–Crippen MR) is 66.9 cm³/mol. The number of carbonyl (C=O) groups excluding carboxylic acids is 1. The Hall–Kier alpha value is -1.31. The maximum Gasteiger partial charge on any atom is 0.337 e. The molecule has 0 unspecified atom stereocenters. The van der Waals surface area contributed by atoms with Crippen molar-refractivity contribution in [3.8, 4) is 0 Å². The Morgan fingerprint density at radius 2 is 2.25 bits per heavy atom. The van der Waals surface area contributed by atoms with Gasteiger partial charge in [0.1, 0.15) is 0 Å². The van der Waals surface area contributed by atoms with Crippen molar-refractivity contribution >= 4 is 40.3 Å². The van der Waals surface area contributed by atoms with E-state index in [1.807, 2.05) is 22.6 Å². The zero-order valence-corrected chi connectivity index (χ0v) is 10.4. The first-order chi connectivity index (χ1) is 7.59. The third kappa shape index (κ3) is 1.97. The minimum absolute atomic E-state index is 0.156. The molecular formula is C10H9IN2O3. The van der Waals surface area contributed by atoms with Crippen LogP contribution in [0.25, 0.3) is 0 Å². The summed E-state index contributed by atoms with van der Waals surface area (Å²) in [7, 11) is 0. The van der Waals surface area contributed by atoms with E-state index in [2.05, 4.69) is 5.32 Å². The van der Waals surface area contributed by atoms with E-state index in [0.717, 1.165) is 3.57 Å². The van der Waals surface area contributed by atoms with Crippen molar-refractivity contribution in [3.05, 3.63) is 27.3 Å². The van der Waals surface area contributed by atoms with Gasteiger partial charge in [0.15, 0.2) is 0 Å². The zero-order valence-electron chi connectivity index (χ0n) is 8.24. The Labute approximate surface area is 106 Å². The number of carboxylic acids is 1. The highest BCUT2D eigenvalue weighted by Crippen LogP contribution is 2.24. The number of urea groups is 1. The van der Waals surface area contributed by atoms with Crippen molar-refractivity contribution in [2.45, 2.75) is 0 Å². The number of hydrogen-bond acceptors (Lipinski definition) is 2. The van der Waals surface area contributed by atoms with Gasteiger partial charge < -0.3 is 10.4 Å². The number of hydrogen-bond donors (Lipinski definition) is 2. The molecule has 1 fully saturated rings. The van der Waals surface area contributed by atoms with Crippen molar-refractivity contribution in [1.29, 1.82) is 0 Å². The normalized spacial score (nSPS) is 15.1. The molecule has 2 N–H and O–H groups in total. The third-order valence-corrected chi connectivity index (χ3v) is 3.01. The van der Waals surface area contributed by atoms with Gasteiger partial charge in [-0.2, -0.15) is 0 Å². The van der Waals surface area contributed by atoms with Gasteiger partial charge in [0.2, 0.25) is 0 Å². The van der Waals surface area contributed by atoms with Crippen LogP contribution in [0.2, 0.25) is 0 Å². The molecule has 0 aliphatic carbocycles. The number of carbonyl (C=O) groups is 2. The van der Waals surface area contributed by atoms with Crippen LogP contribution in [-0.4, -0.2) is 30.2 Å². The monoisotopic (exact) mass is 332 g/mol. The molecule has 0 atom stereocenters. The van der Waals surface area contributed by atoms with Crippen LogP contribution in [0.5, 0.6) is 0 Å². The summed E-state index contributed by atoms with van der Waals surface area (Å²) in [6.07, 6.45) is 0. The van der Waals surface area contributed by atoms with Gasteiger partial charge in [-0.3, -0.25) is 4.90 Å². The molecule has 2 amide bonds. The van der Waals surface area contributed by atoms with Gasteiger partial charge in [0.25, 0.3) is 0 Å². The fourth-order valence-electron chi connectivity index (χ4n) is 1.62. The maximum atomic E-state index is 11.5. The number of amides is 2. The second kappa shape index (κ2) is 4.28. The molecule has 1 aliphatic rings. The molecular weight excluding hydrogens is 323 g/mol. The maximum absolute atomic E-state index is 11.5. The van der Waals surface area contributed by atoms with Crippen molar-refractivity contribution in [2.75, 3.05) is 18.0 Å². The summed E-state index contributed by atoms with van der Waals surface area (Å²) < 4.78 is 0.832. The average molecular weight is 332 g/mol. The Morgan fingerprint density at radius 1 is 1.50 bits per heavy atom. The van der Waals surface area contributed by atoms with Gasteiger partial charge in [-0.15, -0.1) is 0 Å². The number of nitrogens with zero attached hydrogens (tertiary/aromatic N) is 1. The van der Waals surface area contributed by atoms with Crippen molar-refractivity contribution in [3.63, 3.8) is 0 Å². The highest BCUT2D eigenvalue weighted by atomic mass is 127. The lowest BCUT2D eigenvalue weighted by Gasteiger charge is -2.16. The van der Waals surface area contributed by atoms with Crippen LogP contribution in [0, 0.1) is 3.57 Å². The van der Waals surface area contributed by atoms with E-state index >= 15 is 0 Å². The van der Waals surface area contributed by atoms with E-state index in [0.29, 0.717) is 18.8 Å². The fraction of sp³-hybridized carbons (Fsp3) is 0.200. The van der Waals surface area contributed by atoms with Crippen LogP contribution in [0.3, 0.4) is 0 Å². The van der Waals surface area contributed by atoms with Gasteiger partial charge in [-0.25, -0.2) is 9.59 Å². The predicted octanol–water partition coefficient (Wildman–Crippen LogP) is 1.52. The number of aromatic carboxylic acids is 1. The molecule has 0 saturated carbocycles. The molecule has 1 heterocycles. The minimum Gasteiger partial charge on any atom is -0.478 e. The molecule has 1 saturated heterocycles. The van der Waals surface area contributed by atoms with Gasteiger partial charge in [-0.1, -0.05) is 0 Å². The Morgan fingerprint density at radius 3 is 2.81 bits per heavy atom. The van der Waals surface area contributed by atoms with Gasteiger partial charge in [0.05, 0.1) is 11.3 Å². The van der Waals surface area contributed by atoms with E-state index in [-0.39, 0.29) is 11.6 Å². The molecule has 0 radical (unpaired) electrons. The molecule has 1 aromatic rings. The summed E-state index contributed by atoms with van der Waals surface area (Å²) >= 11 is 2.04. The van der Waals surface area contributed by atoms with Crippen LogP contribution >= 0.6 is 22.6 Å². The lowest BCUT2D eigenvalue weighted by Crippen LogP contribution is -2.29. The molecule has 84 valence electrons. The lowest BCUT2D eigenvalue weighted by molar-refractivity contribution is 0.0697. The lowest BCUT2D eigenvalue weighted by atomic mass is 10.1. The summed E-state index contributed by atoms with van der Waals surface area (Å²) in [4.78, 5) is 24.0. The summed E-state index contributed by atoms with van der Waals surface area (Å²) in [5.41, 5.74) is 0.604. The molecule has 16 heavy (non-hydrogen) atoms. The largest absolute Gasteiger partial charge is 0.478 e. The van der Waals surface area contributed by atoms with Crippen molar-refractivity contribution in [1.82, 2.24) is 5.32 Å². The molecule has 0 bridgehead atoms. The van der Waals surface area contributed by atoms with Crippen LogP contribution < -0.4 is 10.2 Å². The van der Waals surface area contributed by atoms with E-state index < -0.39 is 5.97 Å². The molecule has 1 aromatic carbocycles. The van der Waals surface area contributed by atoms with Crippen LogP contribution in [0.4, 0.5) is 10.5 Å². The second-order valence-corrected chi connectivity index (χ2v) is 4.60. The van der Waals surface area contributed by atoms with Crippen LogP contribution in [0.15, 0.2) is 18.2 Å². The number of benzene rings is 1. The third-order valence-electron chi connectivity index (χ3n) is 2.34. The van der Waals surface area contributed by atoms with E-state index in [1.165, 1.54) is 4.90 Å². The quantitative estimate of drug-likeness (QED) is 0.807. The summed E-state index contributed by atoms with van der Waals surface area (Å²) in [6, 6.07) is 4.76. The molecule has 0 spiro atoms. The number of anilines is 1. The molecule has 6 heteroatoms. The molecule has 2 rings (SSSR count). The van der Waals surface area contributed by atoms with Crippen molar-refractivity contribution in [2.24, 2.45) is 0 Å². The van der Waals surface area contributed by atoms with Gasteiger partial charge in [0, 0.05) is 16.7 Å². The van der Waals surface area contributed by atoms with Gasteiger partial charge in [-0.05, 0) is 40.8 Å². The SMILES string of the molecule is O=C(O)c1cc(I)ccc1N1CCNC1=O. The number of nitrogens with one attached hydrogen (secondary N) is 1. The first-order valence-electron chi connectivity index (χ1n) is 4.68. The summed E-state index contributed by atoms with van der Waals surface area (Å²) in [5, 5.41) is 11.7. The molecule has 0 aromatic heterocycles. The van der Waals surface area contributed by atoms with Crippen LogP contribution in [-0.2, 0) is 0 Å². The van der Waals surface area contributed by atoms with E-state index in [9.17, 15) is 9.59 Å². The molecule has 5 nitrogen and oxygen atoms in total. The topological polar surface area (TPSA) is 69.6 Å². The first-order valence-corrected chi connectivity index (χ1v) is 5.75. The Balaban J connectivity index is 2.47. The summed E-state index contributed by atoms with van der Waals surface area (Å²) in [5.74, 6) is -1.02.